The lowest BCUT2D eigenvalue weighted by molar-refractivity contribution is -0.133. The Hall–Kier alpha value is -2.29. The average molecular weight is 395 g/mol. The maximum Gasteiger partial charge on any atom is 0.222 e. The number of hydrogen-bond acceptors (Lipinski definition) is 2. The van der Waals surface area contributed by atoms with Gasteiger partial charge in [0.2, 0.25) is 5.91 Å². The minimum atomic E-state index is 0.0766. The summed E-state index contributed by atoms with van der Waals surface area (Å²) in [6, 6.07) is 17.5. The third-order valence-corrected chi connectivity index (χ3v) is 5.58. The number of aryl methyl sites for hydroxylation is 1. The van der Waals surface area contributed by atoms with E-state index in [-0.39, 0.29) is 11.9 Å². The van der Waals surface area contributed by atoms with Gasteiger partial charge in [-0.25, -0.2) is 0 Å². The highest BCUT2D eigenvalue weighted by molar-refractivity contribution is 5.76. The van der Waals surface area contributed by atoms with Crippen LogP contribution in [-0.2, 0) is 11.2 Å². The van der Waals surface area contributed by atoms with Gasteiger partial charge in [0.05, 0.1) is 6.04 Å². The van der Waals surface area contributed by atoms with Crippen molar-refractivity contribution in [1.82, 2.24) is 4.90 Å². The molecule has 0 saturated heterocycles. The van der Waals surface area contributed by atoms with Gasteiger partial charge < -0.3 is 9.80 Å². The molecule has 0 bridgehead atoms. The summed E-state index contributed by atoms with van der Waals surface area (Å²) >= 11 is 0. The van der Waals surface area contributed by atoms with Gasteiger partial charge in [-0.1, -0.05) is 62.7 Å². The lowest BCUT2D eigenvalue weighted by Gasteiger charge is -2.30. The molecule has 0 fully saturated rings. The van der Waals surface area contributed by atoms with E-state index in [9.17, 15) is 4.79 Å². The summed E-state index contributed by atoms with van der Waals surface area (Å²) in [5.74, 6) is 0.215. The summed E-state index contributed by atoms with van der Waals surface area (Å²) in [5, 5.41) is 0. The molecule has 3 nitrogen and oxygen atoms in total. The zero-order chi connectivity index (χ0) is 21.2. The van der Waals surface area contributed by atoms with E-state index >= 15 is 0 Å². The summed E-state index contributed by atoms with van der Waals surface area (Å²) in [6.45, 7) is 13.6. The van der Waals surface area contributed by atoms with Crippen LogP contribution in [0.4, 0.5) is 5.69 Å². The minimum Gasteiger partial charge on any atom is -0.372 e. The van der Waals surface area contributed by atoms with Crippen LogP contribution < -0.4 is 4.90 Å². The Kier molecular flexibility index (Phi) is 9.24. The lowest BCUT2D eigenvalue weighted by atomic mass is 10.0. The van der Waals surface area contributed by atoms with Crippen LogP contribution in [-0.4, -0.2) is 30.4 Å². The molecule has 0 aliphatic carbocycles. The third kappa shape index (κ3) is 6.62. The van der Waals surface area contributed by atoms with Gasteiger partial charge in [-0.3, -0.25) is 4.79 Å². The Balaban J connectivity index is 2.12. The van der Waals surface area contributed by atoms with Gasteiger partial charge in [0.15, 0.2) is 0 Å². The average Bonchev–Trinajstić information content (AvgIpc) is 2.74. The summed E-state index contributed by atoms with van der Waals surface area (Å²) in [7, 11) is 0. The van der Waals surface area contributed by atoms with Gasteiger partial charge >= 0.3 is 0 Å². The fourth-order valence-corrected chi connectivity index (χ4v) is 3.80. The summed E-state index contributed by atoms with van der Waals surface area (Å²) < 4.78 is 0. The van der Waals surface area contributed by atoms with Crippen molar-refractivity contribution in [2.45, 2.75) is 66.3 Å². The highest BCUT2D eigenvalue weighted by Crippen LogP contribution is 2.25. The standard InChI is InChI=1S/C26H38N2O/c1-6-18-27(19-7-2)25-15-13-24(14-16-25)22(5)28(26(29)8-3)20-17-23-11-9-21(4)10-12-23/h9-16,22H,6-8,17-20H2,1-5H3. The van der Waals surface area contributed by atoms with E-state index in [1.54, 1.807) is 0 Å². The highest BCUT2D eigenvalue weighted by Gasteiger charge is 2.20. The van der Waals surface area contributed by atoms with Crippen LogP contribution in [0.2, 0.25) is 0 Å². The first kappa shape index (κ1) is 23.0. The van der Waals surface area contributed by atoms with Crippen molar-refractivity contribution >= 4 is 11.6 Å². The Labute approximate surface area is 177 Å². The molecule has 1 atom stereocenters. The molecule has 0 aromatic heterocycles. The number of benzene rings is 2. The van der Waals surface area contributed by atoms with Gasteiger partial charge in [0.25, 0.3) is 0 Å². The molecule has 0 spiro atoms. The molecule has 158 valence electrons. The quantitative estimate of drug-likeness (QED) is 0.455. The second-order valence-electron chi connectivity index (χ2n) is 7.93. The Morgan fingerprint density at radius 3 is 1.97 bits per heavy atom. The van der Waals surface area contributed by atoms with Gasteiger partial charge in [0.1, 0.15) is 0 Å². The number of nitrogens with zero attached hydrogens (tertiary/aromatic N) is 2. The highest BCUT2D eigenvalue weighted by atomic mass is 16.2. The molecular weight excluding hydrogens is 356 g/mol. The number of amides is 1. The predicted molar refractivity (Wildman–Crippen MR) is 125 cm³/mol. The molecule has 0 N–H and O–H groups in total. The number of carbonyl (C=O) groups is 1. The first-order valence-electron chi connectivity index (χ1n) is 11.2. The second-order valence-corrected chi connectivity index (χ2v) is 7.93. The van der Waals surface area contributed by atoms with Crippen molar-refractivity contribution in [2.75, 3.05) is 24.5 Å². The molecule has 1 amide bonds. The number of hydrogen-bond donors (Lipinski definition) is 0. The Bertz CT molecular complexity index is 730. The maximum absolute atomic E-state index is 12.7. The van der Waals surface area contributed by atoms with Gasteiger partial charge in [-0.05, 0) is 56.4 Å². The molecule has 0 radical (unpaired) electrons. The van der Waals surface area contributed by atoms with Gasteiger partial charge in [-0.15, -0.1) is 0 Å². The van der Waals surface area contributed by atoms with Gasteiger partial charge in [-0.2, -0.15) is 0 Å². The maximum atomic E-state index is 12.7. The first-order chi connectivity index (χ1) is 14.0. The van der Waals surface area contributed by atoms with Gasteiger partial charge in [0, 0.05) is 31.7 Å². The smallest absolute Gasteiger partial charge is 0.222 e. The lowest BCUT2D eigenvalue weighted by Crippen LogP contribution is -2.35. The summed E-state index contributed by atoms with van der Waals surface area (Å²) in [4.78, 5) is 17.1. The largest absolute Gasteiger partial charge is 0.372 e. The monoisotopic (exact) mass is 394 g/mol. The van der Waals surface area contributed by atoms with E-state index in [1.165, 1.54) is 22.4 Å². The normalized spacial score (nSPS) is 11.9. The number of anilines is 1. The zero-order valence-corrected chi connectivity index (χ0v) is 18.9. The zero-order valence-electron chi connectivity index (χ0n) is 18.9. The minimum absolute atomic E-state index is 0.0766. The van der Waals surface area contributed by atoms with Crippen LogP contribution in [0.3, 0.4) is 0 Å². The molecule has 3 heteroatoms. The molecule has 0 aliphatic rings. The van der Waals surface area contributed by atoms with Crippen molar-refractivity contribution in [1.29, 1.82) is 0 Å². The topological polar surface area (TPSA) is 23.6 Å². The first-order valence-corrected chi connectivity index (χ1v) is 11.2. The van der Waals surface area contributed by atoms with E-state index in [1.807, 2.05) is 11.8 Å². The molecule has 0 saturated carbocycles. The molecule has 0 aliphatic heterocycles. The van der Waals surface area contributed by atoms with Crippen molar-refractivity contribution in [3.63, 3.8) is 0 Å². The Morgan fingerprint density at radius 1 is 0.862 bits per heavy atom. The van der Waals surface area contributed by atoms with E-state index in [0.717, 1.165) is 38.9 Å². The second kappa shape index (κ2) is 11.6. The van der Waals surface area contributed by atoms with Crippen molar-refractivity contribution < 1.29 is 4.79 Å². The molecule has 2 rings (SSSR count). The van der Waals surface area contributed by atoms with Crippen LogP contribution in [0.1, 0.15) is 69.7 Å². The third-order valence-electron chi connectivity index (χ3n) is 5.58. The van der Waals surface area contributed by atoms with Crippen molar-refractivity contribution in [2.24, 2.45) is 0 Å². The van der Waals surface area contributed by atoms with Crippen LogP contribution in [0.15, 0.2) is 48.5 Å². The summed E-state index contributed by atoms with van der Waals surface area (Å²) in [6.07, 6.45) is 3.72. The molecule has 0 heterocycles. The van der Waals surface area contributed by atoms with E-state index in [0.29, 0.717) is 6.42 Å². The molecule has 2 aromatic carbocycles. The molecule has 1 unspecified atom stereocenters. The van der Waals surface area contributed by atoms with E-state index in [4.69, 9.17) is 0 Å². The predicted octanol–water partition coefficient (Wildman–Crippen LogP) is 6.16. The van der Waals surface area contributed by atoms with Crippen molar-refractivity contribution in [3.05, 3.63) is 65.2 Å². The molecule has 29 heavy (non-hydrogen) atoms. The number of rotatable bonds is 11. The molecule has 2 aromatic rings. The molecular formula is C26H38N2O. The van der Waals surface area contributed by atoms with Crippen LogP contribution in [0.5, 0.6) is 0 Å². The number of carbonyl (C=O) groups excluding carboxylic acids is 1. The van der Waals surface area contributed by atoms with Crippen LogP contribution >= 0.6 is 0 Å². The van der Waals surface area contributed by atoms with Crippen molar-refractivity contribution in [3.8, 4) is 0 Å². The fourth-order valence-electron chi connectivity index (χ4n) is 3.80. The fraction of sp³-hybridized carbons (Fsp3) is 0.500. The SMILES string of the molecule is CCCN(CCC)c1ccc(C(C)N(CCc2ccc(C)cc2)C(=O)CC)cc1. The van der Waals surface area contributed by atoms with E-state index < -0.39 is 0 Å². The summed E-state index contributed by atoms with van der Waals surface area (Å²) in [5.41, 5.74) is 5.02. The Morgan fingerprint density at radius 2 is 1.45 bits per heavy atom. The van der Waals surface area contributed by atoms with E-state index in [2.05, 4.69) is 81.1 Å². The van der Waals surface area contributed by atoms with Crippen LogP contribution in [0.25, 0.3) is 0 Å². The van der Waals surface area contributed by atoms with Crippen LogP contribution in [0, 0.1) is 6.92 Å².